The number of carboxylic acid groups (broad SMARTS) is 1. The van der Waals surface area contributed by atoms with Crippen LogP contribution in [0.2, 0.25) is 0 Å². The number of benzene rings is 2. The van der Waals surface area contributed by atoms with E-state index in [-0.39, 0.29) is 0 Å². The van der Waals surface area contributed by atoms with Gasteiger partial charge in [-0.15, -0.1) is 0 Å². The number of aryl methyl sites for hydroxylation is 2. The molecule has 2 aromatic carbocycles. The van der Waals surface area contributed by atoms with Crippen molar-refractivity contribution >= 4 is 12.1 Å². The number of alkyl carbamates (subject to hydrolysis) is 1. The van der Waals surface area contributed by atoms with E-state index in [0.29, 0.717) is 25.7 Å². The van der Waals surface area contributed by atoms with Gasteiger partial charge < -0.3 is 15.2 Å². The molecule has 162 valence electrons. The molecule has 0 fully saturated rings. The second-order valence-electron chi connectivity index (χ2n) is 8.69. The maximum absolute atomic E-state index is 12.4. The average molecular weight is 412 g/mol. The van der Waals surface area contributed by atoms with Gasteiger partial charge in [-0.1, -0.05) is 60.7 Å². The van der Waals surface area contributed by atoms with Crippen molar-refractivity contribution in [1.29, 1.82) is 0 Å². The summed E-state index contributed by atoms with van der Waals surface area (Å²) in [7, 11) is 0. The summed E-state index contributed by atoms with van der Waals surface area (Å²) in [4.78, 5) is 24.8. The Morgan fingerprint density at radius 1 is 0.833 bits per heavy atom. The van der Waals surface area contributed by atoms with E-state index in [0.717, 1.165) is 24.0 Å². The van der Waals surface area contributed by atoms with Crippen LogP contribution in [0.1, 0.15) is 57.6 Å². The Morgan fingerprint density at radius 3 is 1.63 bits per heavy atom. The molecular weight excluding hydrogens is 378 g/mol. The zero-order valence-corrected chi connectivity index (χ0v) is 18.2. The number of rotatable bonds is 10. The molecule has 0 unspecified atom stereocenters. The van der Waals surface area contributed by atoms with Crippen molar-refractivity contribution in [1.82, 2.24) is 5.32 Å². The Bertz CT molecular complexity index is 751. The second kappa shape index (κ2) is 10.8. The molecule has 0 radical (unpaired) electrons. The summed E-state index contributed by atoms with van der Waals surface area (Å²) in [5.41, 5.74) is 0.255. The van der Waals surface area contributed by atoms with Gasteiger partial charge in [0.05, 0.1) is 0 Å². The van der Waals surface area contributed by atoms with E-state index in [9.17, 15) is 14.7 Å². The summed E-state index contributed by atoms with van der Waals surface area (Å²) in [5.74, 6) is -1.02. The van der Waals surface area contributed by atoms with Crippen molar-refractivity contribution in [2.24, 2.45) is 0 Å². The Balaban J connectivity index is 2.09. The lowest BCUT2D eigenvalue weighted by molar-refractivity contribution is -0.145. The monoisotopic (exact) mass is 411 g/mol. The van der Waals surface area contributed by atoms with E-state index < -0.39 is 23.2 Å². The van der Waals surface area contributed by atoms with Crippen LogP contribution in [0, 0.1) is 0 Å². The van der Waals surface area contributed by atoms with Crippen LogP contribution in [-0.4, -0.2) is 28.3 Å². The van der Waals surface area contributed by atoms with Crippen LogP contribution in [-0.2, 0) is 22.4 Å². The summed E-state index contributed by atoms with van der Waals surface area (Å²) in [6, 6.07) is 19.9. The van der Waals surface area contributed by atoms with Gasteiger partial charge in [0.2, 0.25) is 0 Å². The number of ether oxygens (including phenoxy) is 1. The lowest BCUT2D eigenvalue weighted by atomic mass is 9.86. The third kappa shape index (κ3) is 7.90. The van der Waals surface area contributed by atoms with Gasteiger partial charge in [-0.2, -0.15) is 0 Å². The molecule has 0 spiro atoms. The lowest BCUT2D eigenvalue weighted by Crippen LogP contribution is -2.55. The van der Waals surface area contributed by atoms with Gasteiger partial charge in [-0.3, -0.25) is 0 Å². The molecule has 0 aliphatic heterocycles. The Labute approximate surface area is 179 Å². The minimum atomic E-state index is -1.36. The van der Waals surface area contributed by atoms with Crippen LogP contribution < -0.4 is 5.32 Å². The van der Waals surface area contributed by atoms with Gasteiger partial charge in [0, 0.05) is 0 Å². The molecule has 2 N–H and O–H groups in total. The first-order valence-electron chi connectivity index (χ1n) is 10.5. The first kappa shape index (κ1) is 23.5. The molecule has 0 atom stereocenters. The van der Waals surface area contributed by atoms with Crippen molar-refractivity contribution in [2.45, 2.75) is 70.4 Å². The normalized spacial score (nSPS) is 11.7. The summed E-state index contributed by atoms with van der Waals surface area (Å²) in [6.07, 6.45) is 2.80. The lowest BCUT2D eigenvalue weighted by Gasteiger charge is -2.32. The fourth-order valence-corrected chi connectivity index (χ4v) is 3.49. The molecule has 5 nitrogen and oxygen atoms in total. The molecule has 2 aromatic rings. The van der Waals surface area contributed by atoms with Crippen LogP contribution in [0.25, 0.3) is 0 Å². The highest BCUT2D eigenvalue weighted by atomic mass is 16.6. The SMILES string of the molecule is CC(C)(C)OC(=O)NC(CCCc1ccccc1)(CCCc1ccccc1)C(=O)O. The van der Waals surface area contributed by atoms with Crippen LogP contribution in [0.15, 0.2) is 60.7 Å². The zero-order chi connectivity index (χ0) is 22.0. The van der Waals surface area contributed by atoms with E-state index >= 15 is 0 Å². The van der Waals surface area contributed by atoms with E-state index in [1.807, 2.05) is 60.7 Å². The van der Waals surface area contributed by atoms with E-state index in [2.05, 4.69) is 5.32 Å². The molecular formula is C25H33NO4. The summed E-state index contributed by atoms with van der Waals surface area (Å²) in [5, 5.41) is 12.8. The molecule has 0 saturated carbocycles. The number of hydrogen-bond donors (Lipinski definition) is 2. The molecule has 0 aliphatic rings. The average Bonchev–Trinajstić information content (AvgIpc) is 2.68. The van der Waals surface area contributed by atoms with Crippen LogP contribution in [0.4, 0.5) is 4.79 Å². The standard InChI is InChI=1S/C25H33NO4/c1-24(2,3)30-23(29)26-25(22(27)28,18-10-16-20-12-6-4-7-13-20)19-11-17-21-14-8-5-9-15-21/h4-9,12-15H,10-11,16-19H2,1-3H3,(H,26,29)(H,27,28). The van der Waals surface area contributed by atoms with Crippen molar-refractivity contribution in [3.05, 3.63) is 71.8 Å². The van der Waals surface area contributed by atoms with Gasteiger partial charge in [0.15, 0.2) is 0 Å². The Morgan fingerprint density at radius 2 is 1.27 bits per heavy atom. The van der Waals surface area contributed by atoms with Crippen molar-refractivity contribution in [3.63, 3.8) is 0 Å². The highest BCUT2D eigenvalue weighted by Gasteiger charge is 2.40. The summed E-state index contributed by atoms with van der Waals surface area (Å²) >= 11 is 0. The largest absolute Gasteiger partial charge is 0.480 e. The van der Waals surface area contributed by atoms with Crippen molar-refractivity contribution in [3.8, 4) is 0 Å². The van der Waals surface area contributed by atoms with Crippen molar-refractivity contribution in [2.75, 3.05) is 0 Å². The van der Waals surface area contributed by atoms with Gasteiger partial charge in [0.25, 0.3) is 0 Å². The first-order valence-corrected chi connectivity index (χ1v) is 10.5. The molecule has 0 heterocycles. The third-order valence-electron chi connectivity index (χ3n) is 4.97. The highest BCUT2D eigenvalue weighted by molar-refractivity contribution is 5.84. The fraction of sp³-hybridized carbons (Fsp3) is 0.440. The molecule has 2 rings (SSSR count). The smallest absolute Gasteiger partial charge is 0.408 e. The zero-order valence-electron chi connectivity index (χ0n) is 18.2. The summed E-state index contributed by atoms with van der Waals surface area (Å²) < 4.78 is 5.36. The van der Waals surface area contributed by atoms with Crippen LogP contribution in [0.5, 0.6) is 0 Å². The molecule has 1 amide bonds. The van der Waals surface area contributed by atoms with E-state index in [1.54, 1.807) is 20.8 Å². The number of nitrogens with one attached hydrogen (secondary N) is 1. The van der Waals surface area contributed by atoms with Gasteiger partial charge in [-0.05, 0) is 70.4 Å². The second-order valence-corrected chi connectivity index (χ2v) is 8.69. The number of hydrogen-bond acceptors (Lipinski definition) is 3. The van der Waals surface area contributed by atoms with E-state index in [1.165, 1.54) is 0 Å². The Hall–Kier alpha value is -2.82. The summed E-state index contributed by atoms with van der Waals surface area (Å²) in [6.45, 7) is 5.29. The molecule has 0 aliphatic carbocycles. The third-order valence-corrected chi connectivity index (χ3v) is 4.97. The van der Waals surface area contributed by atoms with Gasteiger partial charge in [-0.25, -0.2) is 9.59 Å². The molecule has 5 heteroatoms. The number of carbonyl (C=O) groups is 2. The number of aliphatic carboxylic acids is 1. The van der Waals surface area contributed by atoms with Crippen LogP contribution >= 0.6 is 0 Å². The minimum Gasteiger partial charge on any atom is -0.480 e. The van der Waals surface area contributed by atoms with E-state index in [4.69, 9.17) is 4.74 Å². The number of amides is 1. The molecule has 0 bridgehead atoms. The molecule has 0 aromatic heterocycles. The van der Waals surface area contributed by atoms with Crippen molar-refractivity contribution < 1.29 is 19.4 Å². The number of carbonyl (C=O) groups excluding carboxylic acids is 1. The highest BCUT2D eigenvalue weighted by Crippen LogP contribution is 2.24. The fourth-order valence-electron chi connectivity index (χ4n) is 3.49. The Kier molecular flexibility index (Phi) is 8.46. The predicted molar refractivity (Wildman–Crippen MR) is 118 cm³/mol. The van der Waals surface area contributed by atoms with Gasteiger partial charge in [0.1, 0.15) is 11.1 Å². The first-order chi connectivity index (χ1) is 14.2. The van der Waals surface area contributed by atoms with Crippen LogP contribution in [0.3, 0.4) is 0 Å². The molecule has 0 saturated heterocycles. The topological polar surface area (TPSA) is 75.6 Å². The number of carboxylic acids is 1. The quantitative estimate of drug-likeness (QED) is 0.550. The maximum atomic E-state index is 12.4. The molecule has 30 heavy (non-hydrogen) atoms. The predicted octanol–water partition coefficient (Wildman–Crippen LogP) is 5.38. The van der Waals surface area contributed by atoms with Gasteiger partial charge >= 0.3 is 12.1 Å². The minimum absolute atomic E-state index is 0.339. The maximum Gasteiger partial charge on any atom is 0.408 e.